The number of benzene rings is 2. The monoisotopic (exact) mass is 381 g/mol. The Morgan fingerprint density at radius 3 is 2.37 bits per heavy atom. The van der Waals surface area contributed by atoms with Crippen molar-refractivity contribution in [3.8, 4) is 5.75 Å². The molecule has 27 heavy (non-hydrogen) atoms. The number of amides is 2. The molecule has 3 aromatic rings. The Kier molecular flexibility index (Phi) is 5.68. The van der Waals surface area contributed by atoms with Gasteiger partial charge in [-0.1, -0.05) is 23.7 Å². The Morgan fingerprint density at radius 2 is 1.63 bits per heavy atom. The van der Waals surface area contributed by atoms with E-state index in [1.165, 1.54) is 18.3 Å². The highest BCUT2D eigenvalue weighted by Gasteiger charge is 2.13. The van der Waals surface area contributed by atoms with Crippen LogP contribution in [0.1, 0.15) is 20.8 Å². The lowest BCUT2D eigenvalue weighted by atomic mass is 10.2. The zero-order chi connectivity index (χ0) is 19.2. The molecule has 1 aromatic heterocycles. The molecule has 1 heterocycles. The van der Waals surface area contributed by atoms with Crippen LogP contribution in [-0.4, -0.2) is 23.9 Å². The number of methoxy groups -OCH3 is 1. The zero-order valence-electron chi connectivity index (χ0n) is 14.4. The predicted molar refractivity (Wildman–Crippen MR) is 105 cm³/mol. The molecule has 0 radical (unpaired) electrons. The summed E-state index contributed by atoms with van der Waals surface area (Å²) < 4.78 is 5.13. The van der Waals surface area contributed by atoms with Gasteiger partial charge in [0.25, 0.3) is 11.8 Å². The van der Waals surface area contributed by atoms with Gasteiger partial charge in [-0.3, -0.25) is 14.6 Å². The van der Waals surface area contributed by atoms with Crippen molar-refractivity contribution in [1.29, 1.82) is 0 Å². The van der Waals surface area contributed by atoms with Gasteiger partial charge in [0.1, 0.15) is 11.4 Å². The maximum Gasteiger partial charge on any atom is 0.274 e. The first-order valence-electron chi connectivity index (χ1n) is 8.03. The lowest BCUT2D eigenvalue weighted by Gasteiger charge is -2.08. The highest BCUT2D eigenvalue weighted by Crippen LogP contribution is 2.18. The number of carbonyl (C=O) groups is 2. The van der Waals surface area contributed by atoms with Gasteiger partial charge >= 0.3 is 0 Å². The molecule has 0 fully saturated rings. The van der Waals surface area contributed by atoms with E-state index >= 15 is 0 Å². The first kappa shape index (κ1) is 18.4. The molecule has 0 bridgehead atoms. The molecule has 0 unspecified atom stereocenters. The quantitative estimate of drug-likeness (QED) is 0.692. The number of carbonyl (C=O) groups excluding carboxylic acids is 2. The van der Waals surface area contributed by atoms with E-state index < -0.39 is 5.91 Å². The average Bonchev–Trinajstić information content (AvgIpc) is 2.68. The first-order valence-corrected chi connectivity index (χ1v) is 8.41. The van der Waals surface area contributed by atoms with E-state index in [9.17, 15) is 9.59 Å². The Hall–Kier alpha value is -3.38. The molecule has 0 aliphatic carbocycles. The van der Waals surface area contributed by atoms with Gasteiger partial charge in [-0.15, -0.1) is 0 Å². The third-order valence-electron chi connectivity index (χ3n) is 3.66. The number of nitrogens with zero attached hydrogens (tertiary/aromatic N) is 1. The number of anilines is 2. The normalized spacial score (nSPS) is 10.1. The van der Waals surface area contributed by atoms with Crippen LogP contribution in [0.3, 0.4) is 0 Å². The summed E-state index contributed by atoms with van der Waals surface area (Å²) in [7, 11) is 1.55. The van der Waals surface area contributed by atoms with Gasteiger partial charge in [-0.05, 0) is 42.5 Å². The number of rotatable bonds is 5. The fourth-order valence-corrected chi connectivity index (χ4v) is 2.55. The van der Waals surface area contributed by atoms with Gasteiger partial charge in [-0.25, -0.2) is 0 Å². The van der Waals surface area contributed by atoms with Crippen molar-refractivity contribution in [2.24, 2.45) is 0 Å². The second kappa shape index (κ2) is 8.33. The number of hydrogen-bond donors (Lipinski definition) is 2. The number of aromatic nitrogens is 1. The molecular weight excluding hydrogens is 366 g/mol. The largest absolute Gasteiger partial charge is 0.497 e. The molecule has 0 spiro atoms. The molecule has 0 saturated heterocycles. The van der Waals surface area contributed by atoms with E-state index in [2.05, 4.69) is 15.6 Å². The minimum Gasteiger partial charge on any atom is -0.497 e. The van der Waals surface area contributed by atoms with Crippen LogP contribution in [0, 0.1) is 0 Å². The fraction of sp³-hybridized carbons (Fsp3) is 0.0500. The summed E-state index contributed by atoms with van der Waals surface area (Å²) in [5.41, 5.74) is 1.55. The van der Waals surface area contributed by atoms with E-state index in [0.29, 0.717) is 27.7 Å². The van der Waals surface area contributed by atoms with Gasteiger partial charge in [0.05, 0.1) is 7.11 Å². The zero-order valence-corrected chi connectivity index (χ0v) is 15.2. The van der Waals surface area contributed by atoms with Crippen LogP contribution in [0.2, 0.25) is 5.02 Å². The summed E-state index contributed by atoms with van der Waals surface area (Å²) >= 11 is 5.91. The van der Waals surface area contributed by atoms with Gasteiger partial charge in [0.2, 0.25) is 0 Å². The number of ether oxygens (including phenoxy) is 1. The lowest BCUT2D eigenvalue weighted by molar-refractivity contribution is 0.102. The van der Waals surface area contributed by atoms with Crippen molar-refractivity contribution < 1.29 is 14.3 Å². The molecule has 7 heteroatoms. The topological polar surface area (TPSA) is 80.3 Å². The van der Waals surface area contributed by atoms with Crippen LogP contribution in [-0.2, 0) is 0 Å². The summed E-state index contributed by atoms with van der Waals surface area (Å²) in [6.07, 6.45) is 1.41. The minimum absolute atomic E-state index is 0.119. The van der Waals surface area contributed by atoms with E-state index in [1.54, 1.807) is 55.6 Å². The van der Waals surface area contributed by atoms with E-state index in [0.717, 1.165) is 0 Å². The van der Waals surface area contributed by atoms with Crippen molar-refractivity contribution in [2.45, 2.75) is 0 Å². The Balaban J connectivity index is 1.74. The number of nitrogens with one attached hydrogen (secondary N) is 2. The van der Waals surface area contributed by atoms with Crippen LogP contribution in [0.5, 0.6) is 5.75 Å². The van der Waals surface area contributed by atoms with Gasteiger partial charge in [0.15, 0.2) is 0 Å². The van der Waals surface area contributed by atoms with Crippen LogP contribution in [0.4, 0.5) is 11.4 Å². The summed E-state index contributed by atoms with van der Waals surface area (Å²) in [6.45, 7) is 0. The molecule has 2 amide bonds. The highest BCUT2D eigenvalue weighted by atomic mass is 35.5. The van der Waals surface area contributed by atoms with E-state index in [4.69, 9.17) is 16.3 Å². The Labute approximate surface area is 161 Å². The predicted octanol–water partition coefficient (Wildman–Crippen LogP) is 4.25. The Morgan fingerprint density at radius 1 is 0.926 bits per heavy atom. The number of hydrogen-bond acceptors (Lipinski definition) is 4. The lowest BCUT2D eigenvalue weighted by Crippen LogP contribution is -2.17. The molecule has 6 nitrogen and oxygen atoms in total. The standard InChI is InChI=1S/C20H16ClN3O3/c1-27-17-7-3-6-16(12-17)23-19(25)13-8-9-22-18(10-13)20(26)24-15-5-2-4-14(21)11-15/h2-12H,1H3,(H,23,25)(H,24,26). The van der Waals surface area contributed by atoms with Crippen molar-refractivity contribution in [3.05, 3.63) is 83.1 Å². The molecule has 0 aliphatic heterocycles. The second-order valence-corrected chi connectivity index (χ2v) is 6.02. The van der Waals surface area contributed by atoms with Crippen molar-refractivity contribution >= 4 is 34.8 Å². The molecule has 2 N–H and O–H groups in total. The Bertz CT molecular complexity index is 991. The number of halogens is 1. The summed E-state index contributed by atoms with van der Waals surface area (Å²) in [5, 5.41) is 5.96. The number of pyridine rings is 1. The molecule has 3 rings (SSSR count). The van der Waals surface area contributed by atoms with Crippen LogP contribution in [0.25, 0.3) is 0 Å². The molecule has 0 atom stereocenters. The average molecular weight is 382 g/mol. The van der Waals surface area contributed by atoms with Crippen molar-refractivity contribution in [2.75, 3.05) is 17.7 Å². The summed E-state index contributed by atoms with van der Waals surface area (Å²) in [6, 6.07) is 16.7. The maximum atomic E-state index is 12.5. The maximum absolute atomic E-state index is 12.5. The van der Waals surface area contributed by atoms with Crippen molar-refractivity contribution in [1.82, 2.24) is 4.98 Å². The van der Waals surface area contributed by atoms with Crippen molar-refractivity contribution in [3.63, 3.8) is 0 Å². The summed E-state index contributed by atoms with van der Waals surface area (Å²) in [5.74, 6) is -0.167. The van der Waals surface area contributed by atoms with E-state index in [-0.39, 0.29) is 11.6 Å². The fourth-order valence-electron chi connectivity index (χ4n) is 2.36. The first-order chi connectivity index (χ1) is 13.0. The highest BCUT2D eigenvalue weighted by molar-refractivity contribution is 6.31. The summed E-state index contributed by atoms with van der Waals surface area (Å²) in [4.78, 5) is 28.9. The van der Waals surface area contributed by atoms with Crippen LogP contribution >= 0.6 is 11.6 Å². The molecular formula is C20H16ClN3O3. The van der Waals surface area contributed by atoms with Gasteiger partial charge in [-0.2, -0.15) is 0 Å². The molecule has 136 valence electrons. The van der Waals surface area contributed by atoms with Gasteiger partial charge < -0.3 is 15.4 Å². The van der Waals surface area contributed by atoms with E-state index in [1.807, 2.05) is 0 Å². The third kappa shape index (κ3) is 4.83. The van der Waals surface area contributed by atoms with Crippen LogP contribution < -0.4 is 15.4 Å². The van der Waals surface area contributed by atoms with Crippen LogP contribution in [0.15, 0.2) is 66.9 Å². The molecule has 0 saturated carbocycles. The smallest absolute Gasteiger partial charge is 0.274 e. The molecule has 2 aromatic carbocycles. The van der Waals surface area contributed by atoms with Gasteiger partial charge in [0, 0.05) is 34.2 Å². The second-order valence-electron chi connectivity index (χ2n) is 5.58. The SMILES string of the molecule is COc1cccc(NC(=O)c2ccnc(C(=O)Nc3cccc(Cl)c3)c2)c1. The third-order valence-corrected chi connectivity index (χ3v) is 3.90. The molecule has 0 aliphatic rings. The minimum atomic E-state index is -0.437.